The molecule has 0 bridgehead atoms. The Kier molecular flexibility index (Phi) is 5.13. The summed E-state index contributed by atoms with van der Waals surface area (Å²) in [6.07, 6.45) is 2.61. The van der Waals surface area contributed by atoms with Gasteiger partial charge in [0, 0.05) is 0 Å². The molecule has 0 saturated heterocycles. The minimum atomic E-state index is 0.0970. The van der Waals surface area contributed by atoms with Crippen molar-refractivity contribution in [2.75, 3.05) is 18.5 Å². The van der Waals surface area contributed by atoms with Crippen molar-refractivity contribution in [2.45, 2.75) is 46.1 Å². The van der Waals surface area contributed by atoms with E-state index in [2.05, 4.69) is 47.3 Å². The zero-order valence-corrected chi connectivity index (χ0v) is 14.5. The molecule has 6 nitrogen and oxygen atoms in total. The first-order chi connectivity index (χ1) is 11.7. The van der Waals surface area contributed by atoms with Gasteiger partial charge in [0.2, 0.25) is 5.95 Å². The van der Waals surface area contributed by atoms with Gasteiger partial charge in [-0.1, -0.05) is 26.8 Å². The molecule has 2 aromatic rings. The lowest BCUT2D eigenvalue weighted by Gasteiger charge is -2.22. The van der Waals surface area contributed by atoms with E-state index < -0.39 is 0 Å². The molecule has 0 fully saturated rings. The van der Waals surface area contributed by atoms with E-state index in [1.165, 1.54) is 0 Å². The Balaban J connectivity index is 1.82. The topological polar surface area (TPSA) is 69.2 Å². The average Bonchev–Trinajstić information content (AvgIpc) is 2.65. The van der Waals surface area contributed by atoms with Crippen molar-refractivity contribution in [3.05, 3.63) is 35.2 Å². The van der Waals surface area contributed by atoms with Crippen molar-refractivity contribution < 1.29 is 9.47 Å². The Bertz CT molecular complexity index is 705. The van der Waals surface area contributed by atoms with Gasteiger partial charge in [0.1, 0.15) is 13.2 Å². The van der Waals surface area contributed by atoms with Crippen LogP contribution in [0.25, 0.3) is 0 Å². The lowest BCUT2D eigenvalue weighted by atomic mass is 10.0. The van der Waals surface area contributed by atoms with Gasteiger partial charge in [-0.15, -0.1) is 5.10 Å². The number of hydrogen-bond acceptors (Lipinski definition) is 6. The van der Waals surface area contributed by atoms with E-state index >= 15 is 0 Å². The fourth-order valence-electron chi connectivity index (χ4n) is 2.85. The lowest BCUT2D eigenvalue weighted by molar-refractivity contribution is 0.171. The van der Waals surface area contributed by atoms with E-state index in [-0.39, 0.29) is 6.04 Å². The van der Waals surface area contributed by atoms with Crippen molar-refractivity contribution in [1.29, 1.82) is 0 Å². The molecule has 1 aliphatic heterocycles. The number of rotatable bonds is 6. The highest BCUT2D eigenvalue weighted by Crippen LogP contribution is 2.34. The van der Waals surface area contributed by atoms with E-state index in [0.29, 0.717) is 19.2 Å². The van der Waals surface area contributed by atoms with Crippen LogP contribution in [0.2, 0.25) is 0 Å². The first kappa shape index (κ1) is 16.5. The third-order valence-electron chi connectivity index (χ3n) is 4.19. The van der Waals surface area contributed by atoms with Gasteiger partial charge >= 0.3 is 0 Å². The Morgan fingerprint density at radius 3 is 2.46 bits per heavy atom. The second kappa shape index (κ2) is 7.47. The molecule has 2 heterocycles. The van der Waals surface area contributed by atoms with Crippen molar-refractivity contribution in [3.63, 3.8) is 0 Å². The van der Waals surface area contributed by atoms with E-state index in [1.807, 2.05) is 12.1 Å². The molecule has 1 atom stereocenters. The van der Waals surface area contributed by atoms with Gasteiger partial charge in [-0.2, -0.15) is 5.10 Å². The van der Waals surface area contributed by atoms with Crippen molar-refractivity contribution >= 4 is 5.95 Å². The number of anilines is 1. The molecule has 1 aliphatic rings. The van der Waals surface area contributed by atoms with Crippen LogP contribution in [0.5, 0.6) is 11.5 Å². The zero-order valence-electron chi connectivity index (χ0n) is 14.5. The van der Waals surface area contributed by atoms with Crippen LogP contribution < -0.4 is 14.8 Å². The first-order valence-electron chi connectivity index (χ1n) is 8.63. The number of benzene rings is 1. The SMILES string of the molecule is CCc1nnc(NC(CC)c2ccc3c(c2)OCCO3)nc1CC. The van der Waals surface area contributed by atoms with Crippen LogP contribution in [0.1, 0.15) is 50.2 Å². The minimum absolute atomic E-state index is 0.0970. The minimum Gasteiger partial charge on any atom is -0.486 e. The Hall–Kier alpha value is -2.37. The molecule has 6 heteroatoms. The number of aromatic nitrogens is 3. The highest BCUT2D eigenvalue weighted by atomic mass is 16.6. The molecule has 1 unspecified atom stereocenters. The standard InChI is InChI=1S/C18H24N4O2/c1-4-13(12-7-8-16-17(11-12)24-10-9-23-16)19-18-20-14(5-2)15(6-3)21-22-18/h7-8,11,13H,4-6,9-10H2,1-3H3,(H,19,20,22). The summed E-state index contributed by atoms with van der Waals surface area (Å²) in [4.78, 5) is 4.62. The van der Waals surface area contributed by atoms with E-state index in [0.717, 1.165) is 47.7 Å². The predicted octanol–water partition coefficient (Wildman–Crippen LogP) is 3.33. The second-order valence-corrected chi connectivity index (χ2v) is 5.74. The van der Waals surface area contributed by atoms with Crippen LogP contribution in [0.3, 0.4) is 0 Å². The van der Waals surface area contributed by atoms with Crippen molar-refractivity contribution in [2.24, 2.45) is 0 Å². The van der Waals surface area contributed by atoms with E-state index in [1.54, 1.807) is 0 Å². The van der Waals surface area contributed by atoms with Gasteiger partial charge in [0.15, 0.2) is 11.5 Å². The maximum Gasteiger partial charge on any atom is 0.243 e. The van der Waals surface area contributed by atoms with Gasteiger partial charge in [-0.3, -0.25) is 0 Å². The molecule has 1 N–H and O–H groups in total. The van der Waals surface area contributed by atoms with Crippen LogP contribution in [0.15, 0.2) is 18.2 Å². The number of nitrogens with one attached hydrogen (secondary N) is 1. The Labute approximate surface area is 142 Å². The van der Waals surface area contributed by atoms with Crippen molar-refractivity contribution in [3.8, 4) is 11.5 Å². The fraction of sp³-hybridized carbons (Fsp3) is 0.500. The maximum atomic E-state index is 5.68. The van der Waals surface area contributed by atoms with Crippen LogP contribution in [0.4, 0.5) is 5.95 Å². The van der Waals surface area contributed by atoms with E-state index in [9.17, 15) is 0 Å². The van der Waals surface area contributed by atoms with Crippen LogP contribution in [-0.2, 0) is 12.8 Å². The molecule has 0 saturated carbocycles. The molecular formula is C18H24N4O2. The number of nitrogens with zero attached hydrogens (tertiary/aromatic N) is 3. The molecule has 0 amide bonds. The molecule has 24 heavy (non-hydrogen) atoms. The quantitative estimate of drug-likeness (QED) is 0.877. The van der Waals surface area contributed by atoms with Gasteiger partial charge in [-0.25, -0.2) is 4.98 Å². The average molecular weight is 328 g/mol. The Morgan fingerprint density at radius 1 is 1.00 bits per heavy atom. The largest absolute Gasteiger partial charge is 0.486 e. The number of ether oxygens (including phenoxy) is 2. The molecule has 0 radical (unpaired) electrons. The van der Waals surface area contributed by atoms with Crippen LogP contribution in [-0.4, -0.2) is 28.4 Å². The smallest absolute Gasteiger partial charge is 0.243 e. The van der Waals surface area contributed by atoms with Gasteiger partial charge in [0.25, 0.3) is 0 Å². The lowest BCUT2D eigenvalue weighted by Crippen LogP contribution is -2.17. The number of hydrogen-bond donors (Lipinski definition) is 1. The summed E-state index contributed by atoms with van der Waals surface area (Å²) in [6, 6.07) is 6.15. The van der Waals surface area contributed by atoms with Gasteiger partial charge in [0.05, 0.1) is 17.4 Å². The molecular weight excluding hydrogens is 304 g/mol. The van der Waals surface area contributed by atoms with Crippen LogP contribution in [0, 0.1) is 0 Å². The van der Waals surface area contributed by atoms with Gasteiger partial charge < -0.3 is 14.8 Å². The van der Waals surface area contributed by atoms with Gasteiger partial charge in [-0.05, 0) is 37.0 Å². The van der Waals surface area contributed by atoms with Crippen LogP contribution >= 0.6 is 0 Å². The molecule has 3 rings (SSSR count). The third-order valence-corrected chi connectivity index (χ3v) is 4.19. The summed E-state index contributed by atoms with van der Waals surface area (Å²) in [5.74, 6) is 2.18. The zero-order chi connectivity index (χ0) is 16.9. The second-order valence-electron chi connectivity index (χ2n) is 5.74. The third kappa shape index (κ3) is 3.42. The molecule has 0 spiro atoms. The highest BCUT2D eigenvalue weighted by molar-refractivity contribution is 5.46. The summed E-state index contributed by atoms with van der Waals surface area (Å²) in [5, 5.41) is 11.9. The fourth-order valence-corrected chi connectivity index (χ4v) is 2.85. The normalized spacial score (nSPS) is 14.3. The summed E-state index contributed by atoms with van der Waals surface area (Å²) in [5.41, 5.74) is 3.10. The molecule has 0 aliphatic carbocycles. The summed E-state index contributed by atoms with van der Waals surface area (Å²) in [6.45, 7) is 7.48. The number of fused-ring (bicyclic) bond motifs is 1. The predicted molar refractivity (Wildman–Crippen MR) is 92.7 cm³/mol. The van der Waals surface area contributed by atoms with Crippen molar-refractivity contribution in [1.82, 2.24) is 15.2 Å². The van der Waals surface area contributed by atoms with E-state index in [4.69, 9.17) is 9.47 Å². The summed E-state index contributed by atoms with van der Waals surface area (Å²) < 4.78 is 11.3. The summed E-state index contributed by atoms with van der Waals surface area (Å²) >= 11 is 0. The molecule has 1 aromatic heterocycles. The highest BCUT2D eigenvalue weighted by Gasteiger charge is 2.17. The Morgan fingerprint density at radius 2 is 1.75 bits per heavy atom. The monoisotopic (exact) mass is 328 g/mol. The molecule has 1 aromatic carbocycles. The summed E-state index contributed by atoms with van der Waals surface area (Å²) in [7, 11) is 0. The first-order valence-corrected chi connectivity index (χ1v) is 8.63. The maximum absolute atomic E-state index is 5.68. The molecule has 128 valence electrons. The number of aryl methyl sites for hydroxylation is 2.